The molecule has 0 saturated heterocycles. The molecule has 0 heterocycles. The molecular weight excluding hydrogens is 232 g/mol. The molecule has 18 heavy (non-hydrogen) atoms. The Bertz CT molecular complexity index is 471. The number of carbonyl (C=O) groups excluding carboxylic acids is 2. The molecular formula is C12H18N4O2. The van der Waals surface area contributed by atoms with Crippen molar-refractivity contribution in [2.75, 3.05) is 11.1 Å². The average molecular weight is 250 g/mol. The van der Waals surface area contributed by atoms with E-state index in [4.69, 9.17) is 17.2 Å². The summed E-state index contributed by atoms with van der Waals surface area (Å²) >= 11 is 0. The van der Waals surface area contributed by atoms with E-state index in [1.165, 1.54) is 6.07 Å². The largest absolute Gasteiger partial charge is 0.398 e. The molecule has 0 fully saturated rings. The summed E-state index contributed by atoms with van der Waals surface area (Å²) < 4.78 is 0. The first-order valence-corrected chi connectivity index (χ1v) is 5.58. The van der Waals surface area contributed by atoms with E-state index in [1.807, 2.05) is 13.8 Å². The van der Waals surface area contributed by atoms with Gasteiger partial charge in [0.05, 0.1) is 5.56 Å². The average Bonchev–Trinajstić information content (AvgIpc) is 2.26. The van der Waals surface area contributed by atoms with Crippen LogP contribution in [0.1, 0.15) is 24.2 Å². The highest BCUT2D eigenvalue weighted by Crippen LogP contribution is 2.19. The molecule has 1 aromatic rings. The first kappa shape index (κ1) is 13.8. The lowest BCUT2D eigenvalue weighted by Gasteiger charge is -2.20. The summed E-state index contributed by atoms with van der Waals surface area (Å²) in [5.74, 6) is -1.05. The molecule has 0 saturated carbocycles. The van der Waals surface area contributed by atoms with E-state index in [9.17, 15) is 9.59 Å². The fourth-order valence-electron chi connectivity index (χ4n) is 1.61. The van der Waals surface area contributed by atoms with Crippen molar-refractivity contribution in [2.24, 2.45) is 17.4 Å². The van der Waals surface area contributed by atoms with Crippen LogP contribution in [0, 0.1) is 5.92 Å². The van der Waals surface area contributed by atoms with Crippen molar-refractivity contribution in [3.05, 3.63) is 23.8 Å². The molecule has 0 aliphatic heterocycles. The summed E-state index contributed by atoms with van der Waals surface area (Å²) in [4.78, 5) is 22.4. The van der Waals surface area contributed by atoms with Crippen molar-refractivity contribution in [3.8, 4) is 0 Å². The van der Waals surface area contributed by atoms with E-state index in [2.05, 4.69) is 5.32 Å². The van der Waals surface area contributed by atoms with Crippen LogP contribution >= 0.6 is 0 Å². The Morgan fingerprint density at radius 3 is 2.28 bits per heavy atom. The molecule has 1 unspecified atom stereocenters. The molecule has 0 aliphatic rings. The fraction of sp³-hybridized carbons (Fsp3) is 0.333. The predicted octanol–water partition coefficient (Wildman–Crippen LogP) is 0.290. The molecule has 0 aliphatic carbocycles. The minimum atomic E-state index is -0.615. The van der Waals surface area contributed by atoms with Gasteiger partial charge in [0.2, 0.25) is 5.91 Å². The van der Waals surface area contributed by atoms with Crippen LogP contribution in [0.3, 0.4) is 0 Å². The monoisotopic (exact) mass is 250 g/mol. The predicted molar refractivity (Wildman–Crippen MR) is 70.8 cm³/mol. The van der Waals surface area contributed by atoms with Crippen molar-refractivity contribution >= 4 is 23.2 Å². The number of nitrogens with two attached hydrogens (primary N) is 3. The smallest absolute Gasteiger partial charge is 0.250 e. The zero-order valence-corrected chi connectivity index (χ0v) is 10.4. The van der Waals surface area contributed by atoms with Gasteiger partial charge in [0.1, 0.15) is 6.04 Å². The second-order valence-electron chi connectivity index (χ2n) is 4.43. The number of rotatable bonds is 5. The third-order valence-electron chi connectivity index (χ3n) is 2.61. The van der Waals surface area contributed by atoms with Crippen LogP contribution in [0.25, 0.3) is 0 Å². The first-order valence-electron chi connectivity index (χ1n) is 5.58. The van der Waals surface area contributed by atoms with Gasteiger partial charge in [0, 0.05) is 11.4 Å². The maximum absolute atomic E-state index is 11.3. The summed E-state index contributed by atoms with van der Waals surface area (Å²) in [6.45, 7) is 3.74. The number of carbonyl (C=O) groups is 2. The summed E-state index contributed by atoms with van der Waals surface area (Å²) in [5, 5.41) is 2.96. The van der Waals surface area contributed by atoms with Gasteiger partial charge < -0.3 is 22.5 Å². The number of primary amides is 2. The third-order valence-corrected chi connectivity index (χ3v) is 2.61. The van der Waals surface area contributed by atoms with E-state index in [0.29, 0.717) is 11.4 Å². The quantitative estimate of drug-likeness (QED) is 0.560. The fourth-order valence-corrected chi connectivity index (χ4v) is 1.61. The molecule has 2 amide bonds. The van der Waals surface area contributed by atoms with E-state index in [0.717, 1.165) is 0 Å². The van der Waals surface area contributed by atoms with Gasteiger partial charge in [-0.3, -0.25) is 9.59 Å². The van der Waals surface area contributed by atoms with Crippen molar-refractivity contribution < 1.29 is 9.59 Å². The van der Waals surface area contributed by atoms with Crippen molar-refractivity contribution in [1.82, 2.24) is 0 Å². The Hall–Kier alpha value is -2.24. The van der Waals surface area contributed by atoms with Crippen molar-refractivity contribution in [2.45, 2.75) is 19.9 Å². The Balaban J connectivity index is 3.01. The van der Waals surface area contributed by atoms with E-state index in [-0.39, 0.29) is 11.5 Å². The zero-order chi connectivity index (χ0) is 13.9. The van der Waals surface area contributed by atoms with Gasteiger partial charge in [0.25, 0.3) is 5.91 Å². The van der Waals surface area contributed by atoms with Crippen LogP contribution in [0.2, 0.25) is 0 Å². The van der Waals surface area contributed by atoms with E-state index in [1.54, 1.807) is 12.1 Å². The molecule has 0 aromatic heterocycles. The Morgan fingerprint density at radius 1 is 1.22 bits per heavy atom. The highest BCUT2D eigenvalue weighted by atomic mass is 16.1. The molecule has 1 aromatic carbocycles. The van der Waals surface area contributed by atoms with Crippen LogP contribution < -0.4 is 22.5 Å². The van der Waals surface area contributed by atoms with Crippen LogP contribution in [-0.4, -0.2) is 17.9 Å². The second-order valence-corrected chi connectivity index (χ2v) is 4.43. The summed E-state index contributed by atoms with van der Waals surface area (Å²) in [7, 11) is 0. The zero-order valence-electron chi connectivity index (χ0n) is 10.4. The van der Waals surface area contributed by atoms with Gasteiger partial charge >= 0.3 is 0 Å². The number of anilines is 2. The molecule has 0 bridgehead atoms. The second kappa shape index (κ2) is 5.39. The molecule has 98 valence electrons. The number of nitrogen functional groups attached to an aromatic ring is 1. The molecule has 7 N–H and O–H groups in total. The molecule has 0 radical (unpaired) electrons. The number of nitrogens with one attached hydrogen (secondary N) is 1. The number of amides is 2. The minimum absolute atomic E-state index is 0.0251. The Morgan fingerprint density at radius 2 is 1.83 bits per heavy atom. The summed E-state index contributed by atoms with van der Waals surface area (Å²) in [6, 6.07) is 4.21. The molecule has 6 nitrogen and oxygen atoms in total. The van der Waals surface area contributed by atoms with Gasteiger partial charge in [-0.1, -0.05) is 13.8 Å². The van der Waals surface area contributed by atoms with Gasteiger partial charge in [0.15, 0.2) is 0 Å². The van der Waals surface area contributed by atoms with Gasteiger partial charge in [-0.2, -0.15) is 0 Å². The molecule has 1 atom stereocenters. The van der Waals surface area contributed by atoms with Crippen LogP contribution in [0.15, 0.2) is 18.2 Å². The number of hydrogen-bond acceptors (Lipinski definition) is 4. The van der Waals surface area contributed by atoms with Gasteiger partial charge in [-0.05, 0) is 24.1 Å². The summed E-state index contributed by atoms with van der Waals surface area (Å²) in [6.07, 6.45) is 0. The normalized spacial score (nSPS) is 12.2. The van der Waals surface area contributed by atoms with E-state index >= 15 is 0 Å². The summed E-state index contributed by atoms with van der Waals surface area (Å²) in [5.41, 5.74) is 17.2. The SMILES string of the molecule is CC(C)C(Nc1ccc(N)c(C(N)=O)c1)C(N)=O. The molecule has 6 heteroatoms. The number of hydrogen-bond donors (Lipinski definition) is 4. The van der Waals surface area contributed by atoms with Gasteiger partial charge in [-0.25, -0.2) is 0 Å². The standard InChI is InChI=1S/C12H18N4O2/c1-6(2)10(12(15)18)16-7-3-4-9(13)8(5-7)11(14)17/h3-6,10,16H,13H2,1-2H3,(H2,14,17)(H2,15,18). The lowest BCUT2D eigenvalue weighted by atomic mass is 10.0. The van der Waals surface area contributed by atoms with E-state index < -0.39 is 17.9 Å². The minimum Gasteiger partial charge on any atom is -0.398 e. The Kier molecular flexibility index (Phi) is 4.14. The highest BCUT2D eigenvalue weighted by Gasteiger charge is 2.19. The lowest BCUT2D eigenvalue weighted by Crippen LogP contribution is -2.39. The van der Waals surface area contributed by atoms with Crippen molar-refractivity contribution in [3.63, 3.8) is 0 Å². The van der Waals surface area contributed by atoms with Crippen molar-refractivity contribution in [1.29, 1.82) is 0 Å². The maximum Gasteiger partial charge on any atom is 0.250 e. The van der Waals surface area contributed by atoms with Crippen LogP contribution in [0.4, 0.5) is 11.4 Å². The van der Waals surface area contributed by atoms with Crippen LogP contribution in [-0.2, 0) is 4.79 Å². The van der Waals surface area contributed by atoms with Crippen LogP contribution in [0.5, 0.6) is 0 Å². The number of benzene rings is 1. The highest BCUT2D eigenvalue weighted by molar-refractivity contribution is 5.99. The lowest BCUT2D eigenvalue weighted by molar-refractivity contribution is -0.119. The molecule has 0 spiro atoms. The first-order chi connectivity index (χ1) is 8.32. The Labute approximate surface area is 106 Å². The topological polar surface area (TPSA) is 124 Å². The molecule has 1 rings (SSSR count). The van der Waals surface area contributed by atoms with Gasteiger partial charge in [-0.15, -0.1) is 0 Å². The maximum atomic E-state index is 11.3. The third kappa shape index (κ3) is 3.13.